The van der Waals surface area contributed by atoms with Crippen LogP contribution in [0.3, 0.4) is 0 Å². The fraction of sp³-hybridized carbons (Fsp3) is 0.800. The summed E-state index contributed by atoms with van der Waals surface area (Å²) in [6.07, 6.45) is 1.26. The van der Waals surface area contributed by atoms with Crippen molar-refractivity contribution in [2.75, 3.05) is 6.54 Å². The normalized spacial score (nSPS) is 22.7. The summed E-state index contributed by atoms with van der Waals surface area (Å²) in [4.78, 5) is 35.5. The predicted octanol–water partition coefficient (Wildman–Crippen LogP) is -0.559. The van der Waals surface area contributed by atoms with Gasteiger partial charge in [0, 0.05) is 0 Å². The van der Waals surface area contributed by atoms with Crippen molar-refractivity contribution in [3.8, 4) is 0 Å². The second-order valence-electron chi connectivity index (χ2n) is 5.97. The van der Waals surface area contributed by atoms with Crippen LogP contribution >= 0.6 is 0 Å². The van der Waals surface area contributed by atoms with E-state index in [9.17, 15) is 14.4 Å². The molecule has 1 fully saturated rings. The molecule has 0 bridgehead atoms. The number of esters is 3. The lowest BCUT2D eigenvalue weighted by molar-refractivity contribution is -0.165. The van der Waals surface area contributed by atoms with E-state index in [4.69, 9.17) is 20.9 Å². The molecule has 0 amide bonds. The molecule has 1 aliphatic rings. The third-order valence-electron chi connectivity index (χ3n) is 4.16. The summed E-state index contributed by atoms with van der Waals surface area (Å²) in [6, 6.07) is -2.51. The predicted molar refractivity (Wildman–Crippen MR) is 83.1 cm³/mol. The number of carbonyl (C=O) groups excluding carboxylic acids is 3. The van der Waals surface area contributed by atoms with Gasteiger partial charge in [-0.25, -0.2) is 9.59 Å². The van der Waals surface area contributed by atoms with Gasteiger partial charge in [0.15, 0.2) is 0 Å². The number of carbonyl (C=O) groups is 3. The first-order valence-electron chi connectivity index (χ1n) is 7.98. The van der Waals surface area contributed by atoms with Gasteiger partial charge in [-0.3, -0.25) is 4.79 Å². The van der Waals surface area contributed by atoms with Gasteiger partial charge in [0.1, 0.15) is 24.2 Å². The van der Waals surface area contributed by atoms with Crippen LogP contribution in [0.25, 0.3) is 0 Å². The first-order chi connectivity index (χ1) is 10.8. The molecule has 0 aromatic heterocycles. The summed E-state index contributed by atoms with van der Waals surface area (Å²) in [5, 5.41) is 2.93. The lowest BCUT2D eigenvalue weighted by Gasteiger charge is -2.23. The van der Waals surface area contributed by atoms with Gasteiger partial charge in [-0.2, -0.15) is 0 Å². The van der Waals surface area contributed by atoms with Crippen LogP contribution in [-0.2, 0) is 23.9 Å². The molecule has 1 saturated heterocycles. The minimum atomic E-state index is -1.24. The van der Waals surface area contributed by atoms with E-state index in [0.717, 1.165) is 12.8 Å². The third kappa shape index (κ3) is 5.56. The highest BCUT2D eigenvalue weighted by Gasteiger charge is 2.32. The topological polar surface area (TPSA) is 134 Å². The van der Waals surface area contributed by atoms with E-state index in [1.165, 1.54) is 6.92 Å². The van der Waals surface area contributed by atoms with E-state index in [1.54, 1.807) is 0 Å². The molecule has 5 atom stereocenters. The van der Waals surface area contributed by atoms with Gasteiger partial charge < -0.3 is 26.3 Å². The van der Waals surface area contributed by atoms with Gasteiger partial charge in [0.05, 0.1) is 0 Å². The van der Waals surface area contributed by atoms with Crippen LogP contribution in [0, 0.1) is 5.92 Å². The molecule has 0 aromatic rings. The zero-order chi connectivity index (χ0) is 17.6. The molecule has 1 heterocycles. The summed E-state index contributed by atoms with van der Waals surface area (Å²) >= 11 is 0. The Morgan fingerprint density at radius 1 is 1.17 bits per heavy atom. The molecule has 1 aliphatic heterocycles. The van der Waals surface area contributed by atoms with E-state index >= 15 is 0 Å². The first kappa shape index (κ1) is 19.5. The highest BCUT2D eigenvalue weighted by molar-refractivity contribution is 5.91. The smallest absolute Gasteiger partial charge is 0.334 e. The van der Waals surface area contributed by atoms with Crippen LogP contribution in [0.15, 0.2) is 0 Å². The number of hydrogen-bond donors (Lipinski definition) is 3. The van der Waals surface area contributed by atoms with Crippen LogP contribution in [0.5, 0.6) is 0 Å². The Bertz CT molecular complexity index is 437. The zero-order valence-corrected chi connectivity index (χ0v) is 13.9. The molecule has 0 unspecified atom stereocenters. The van der Waals surface area contributed by atoms with E-state index in [2.05, 4.69) is 5.32 Å². The van der Waals surface area contributed by atoms with Crippen molar-refractivity contribution in [1.82, 2.24) is 5.32 Å². The van der Waals surface area contributed by atoms with Crippen molar-refractivity contribution < 1.29 is 23.9 Å². The fourth-order valence-corrected chi connectivity index (χ4v) is 2.14. The van der Waals surface area contributed by atoms with Crippen molar-refractivity contribution in [3.63, 3.8) is 0 Å². The Morgan fingerprint density at radius 2 is 1.83 bits per heavy atom. The van der Waals surface area contributed by atoms with E-state index in [1.807, 2.05) is 13.8 Å². The van der Waals surface area contributed by atoms with Gasteiger partial charge in [-0.1, -0.05) is 20.3 Å². The average Bonchev–Trinajstić information content (AvgIpc) is 3.06. The Labute approximate surface area is 136 Å². The molecule has 0 radical (unpaired) electrons. The fourth-order valence-electron chi connectivity index (χ4n) is 2.14. The molecule has 8 nitrogen and oxygen atoms in total. The van der Waals surface area contributed by atoms with Crippen molar-refractivity contribution in [2.24, 2.45) is 17.4 Å². The van der Waals surface area contributed by atoms with Gasteiger partial charge in [0.2, 0.25) is 0 Å². The Hall–Kier alpha value is -1.51. The van der Waals surface area contributed by atoms with Crippen LogP contribution in [0.4, 0.5) is 0 Å². The average molecular weight is 329 g/mol. The number of rotatable bonds is 7. The SMILES string of the molecule is CC[C@H](C)[C@H](N)C(=O)O[C@H](C)[C@H](N)C(=O)OC(=O)[C@@H]1CCCN1. The maximum absolute atomic E-state index is 11.9. The molecule has 0 aliphatic carbocycles. The van der Waals surface area contributed by atoms with E-state index < -0.39 is 42.1 Å². The second kappa shape index (κ2) is 8.95. The molecule has 0 aromatic carbocycles. The molecular weight excluding hydrogens is 302 g/mol. The lowest BCUT2D eigenvalue weighted by atomic mass is 10.0. The van der Waals surface area contributed by atoms with Crippen molar-refractivity contribution in [2.45, 2.75) is 64.3 Å². The van der Waals surface area contributed by atoms with Crippen molar-refractivity contribution in [1.29, 1.82) is 0 Å². The number of ether oxygens (including phenoxy) is 2. The third-order valence-corrected chi connectivity index (χ3v) is 4.16. The molecule has 0 saturated carbocycles. The minimum absolute atomic E-state index is 0.0482. The molecule has 1 rings (SSSR count). The standard InChI is InChI=1S/C15H27N3O5/c1-4-8(2)11(16)14(20)22-9(3)12(17)15(21)23-13(19)10-6-5-7-18-10/h8-12,18H,4-7,16-17H2,1-3H3/t8-,9+,10-,11-,12-/m0/s1. The van der Waals surface area contributed by atoms with Crippen molar-refractivity contribution >= 4 is 17.9 Å². The summed E-state index contributed by atoms with van der Waals surface area (Å²) in [7, 11) is 0. The van der Waals surface area contributed by atoms with Gasteiger partial charge in [0.25, 0.3) is 0 Å². The van der Waals surface area contributed by atoms with Crippen LogP contribution in [-0.4, -0.2) is 48.7 Å². The minimum Gasteiger partial charge on any atom is -0.459 e. The van der Waals surface area contributed by atoms with Gasteiger partial charge in [-0.15, -0.1) is 0 Å². The molecule has 5 N–H and O–H groups in total. The monoisotopic (exact) mass is 329 g/mol. The highest BCUT2D eigenvalue weighted by Crippen LogP contribution is 2.11. The molecule has 132 valence electrons. The maximum Gasteiger partial charge on any atom is 0.334 e. The number of hydrogen-bond acceptors (Lipinski definition) is 8. The Balaban J connectivity index is 2.48. The van der Waals surface area contributed by atoms with Crippen LogP contribution in [0.2, 0.25) is 0 Å². The maximum atomic E-state index is 11.9. The number of nitrogens with two attached hydrogens (primary N) is 2. The van der Waals surface area contributed by atoms with Crippen molar-refractivity contribution in [3.05, 3.63) is 0 Å². The van der Waals surface area contributed by atoms with Crippen LogP contribution < -0.4 is 16.8 Å². The lowest BCUT2D eigenvalue weighted by Crippen LogP contribution is -2.48. The van der Waals surface area contributed by atoms with Gasteiger partial charge >= 0.3 is 17.9 Å². The first-order valence-corrected chi connectivity index (χ1v) is 7.98. The quantitative estimate of drug-likeness (QED) is 0.418. The molecule has 23 heavy (non-hydrogen) atoms. The second-order valence-corrected chi connectivity index (χ2v) is 5.97. The highest BCUT2D eigenvalue weighted by atomic mass is 16.6. The summed E-state index contributed by atoms with van der Waals surface area (Å²) in [5.74, 6) is -2.24. The van der Waals surface area contributed by atoms with Gasteiger partial charge in [-0.05, 0) is 32.2 Å². The molecule has 0 spiro atoms. The summed E-state index contributed by atoms with van der Waals surface area (Å²) in [6.45, 7) is 5.91. The summed E-state index contributed by atoms with van der Waals surface area (Å²) in [5.41, 5.74) is 11.5. The van der Waals surface area contributed by atoms with Crippen LogP contribution in [0.1, 0.15) is 40.0 Å². The molecule has 8 heteroatoms. The molecular formula is C15H27N3O5. The Morgan fingerprint density at radius 3 is 2.35 bits per heavy atom. The zero-order valence-electron chi connectivity index (χ0n) is 13.9. The Kier molecular flexibility index (Phi) is 7.60. The summed E-state index contributed by atoms with van der Waals surface area (Å²) < 4.78 is 9.85. The number of nitrogens with one attached hydrogen (secondary N) is 1. The van der Waals surface area contributed by atoms with E-state index in [-0.39, 0.29) is 5.92 Å². The van der Waals surface area contributed by atoms with E-state index in [0.29, 0.717) is 13.0 Å². The largest absolute Gasteiger partial charge is 0.459 e.